The van der Waals surface area contributed by atoms with E-state index >= 15 is 0 Å². The fraction of sp³-hybridized carbons (Fsp3) is 0.214. The van der Waals surface area contributed by atoms with Gasteiger partial charge >= 0.3 is 0 Å². The van der Waals surface area contributed by atoms with Gasteiger partial charge in [-0.1, -0.05) is 6.07 Å². The lowest BCUT2D eigenvalue weighted by atomic mass is 10.2. The van der Waals surface area contributed by atoms with Crippen LogP contribution in [0.5, 0.6) is 0 Å². The van der Waals surface area contributed by atoms with Gasteiger partial charge in [-0.05, 0) is 32.0 Å². The van der Waals surface area contributed by atoms with E-state index in [0.717, 1.165) is 17.5 Å². The van der Waals surface area contributed by atoms with Gasteiger partial charge in [-0.15, -0.1) is 0 Å². The Bertz CT molecular complexity index is 639. The second-order valence-electron chi connectivity index (χ2n) is 4.35. The Balaban J connectivity index is 2.10. The lowest BCUT2D eigenvalue weighted by molar-refractivity contribution is 0.0944. The first kappa shape index (κ1) is 14.0. The lowest BCUT2D eigenvalue weighted by Crippen LogP contribution is -2.25. The van der Waals surface area contributed by atoms with Crippen molar-refractivity contribution in [2.45, 2.75) is 20.4 Å². The van der Waals surface area contributed by atoms with Crippen LogP contribution < -0.4 is 5.32 Å². The van der Waals surface area contributed by atoms with E-state index in [0.29, 0.717) is 5.82 Å². The first-order valence-corrected chi connectivity index (χ1v) is 6.00. The SMILES string of the molecule is Cc1cc(C)nc(CNC(=O)c2cccc(F)c2F)n1. The molecular weight excluding hydrogens is 264 g/mol. The number of carbonyl (C=O) groups excluding carboxylic acids is 1. The van der Waals surface area contributed by atoms with Crippen molar-refractivity contribution in [2.75, 3.05) is 0 Å². The molecule has 4 nitrogen and oxygen atoms in total. The van der Waals surface area contributed by atoms with Crippen LogP contribution in [0.3, 0.4) is 0 Å². The van der Waals surface area contributed by atoms with Crippen molar-refractivity contribution in [3.63, 3.8) is 0 Å². The number of aryl methyl sites for hydroxylation is 2. The van der Waals surface area contributed by atoms with Crippen LogP contribution >= 0.6 is 0 Å². The van der Waals surface area contributed by atoms with Crippen LogP contribution in [0.2, 0.25) is 0 Å². The van der Waals surface area contributed by atoms with Crippen LogP contribution in [-0.4, -0.2) is 15.9 Å². The number of nitrogens with one attached hydrogen (secondary N) is 1. The van der Waals surface area contributed by atoms with Gasteiger partial charge in [0, 0.05) is 11.4 Å². The van der Waals surface area contributed by atoms with Gasteiger partial charge in [0.05, 0.1) is 12.1 Å². The van der Waals surface area contributed by atoms with Gasteiger partial charge in [0.25, 0.3) is 5.91 Å². The van der Waals surface area contributed by atoms with Crippen molar-refractivity contribution in [1.29, 1.82) is 0 Å². The highest BCUT2D eigenvalue weighted by atomic mass is 19.2. The molecule has 0 bridgehead atoms. The van der Waals surface area contributed by atoms with Crippen LogP contribution in [0.4, 0.5) is 8.78 Å². The van der Waals surface area contributed by atoms with E-state index in [9.17, 15) is 13.6 Å². The van der Waals surface area contributed by atoms with Crippen molar-refractivity contribution in [2.24, 2.45) is 0 Å². The number of carbonyl (C=O) groups is 1. The minimum atomic E-state index is -1.16. The number of hydrogen-bond acceptors (Lipinski definition) is 3. The summed E-state index contributed by atoms with van der Waals surface area (Å²) in [5, 5.41) is 2.47. The molecule has 1 N–H and O–H groups in total. The Labute approximate surface area is 114 Å². The van der Waals surface area contributed by atoms with E-state index in [2.05, 4.69) is 15.3 Å². The first-order valence-electron chi connectivity index (χ1n) is 6.00. The number of benzene rings is 1. The van der Waals surface area contributed by atoms with Crippen LogP contribution in [0.15, 0.2) is 24.3 Å². The summed E-state index contributed by atoms with van der Waals surface area (Å²) in [6.45, 7) is 3.68. The predicted molar refractivity (Wildman–Crippen MR) is 69.0 cm³/mol. The summed E-state index contributed by atoms with van der Waals surface area (Å²) < 4.78 is 26.5. The number of aromatic nitrogens is 2. The predicted octanol–water partition coefficient (Wildman–Crippen LogP) is 2.30. The van der Waals surface area contributed by atoms with Gasteiger partial charge in [-0.25, -0.2) is 18.7 Å². The van der Waals surface area contributed by atoms with Crippen LogP contribution in [-0.2, 0) is 6.54 Å². The molecule has 1 heterocycles. The molecule has 0 saturated carbocycles. The quantitative estimate of drug-likeness (QED) is 0.936. The van der Waals surface area contributed by atoms with Crippen LogP contribution in [0.1, 0.15) is 27.6 Å². The van der Waals surface area contributed by atoms with E-state index < -0.39 is 17.5 Å². The molecular formula is C14H13F2N3O. The van der Waals surface area contributed by atoms with Gasteiger partial charge in [0.2, 0.25) is 0 Å². The highest BCUT2D eigenvalue weighted by molar-refractivity contribution is 5.94. The van der Waals surface area contributed by atoms with Crippen LogP contribution in [0, 0.1) is 25.5 Å². The van der Waals surface area contributed by atoms with E-state index in [1.54, 1.807) is 6.07 Å². The number of nitrogens with zero attached hydrogens (tertiary/aromatic N) is 2. The largest absolute Gasteiger partial charge is 0.345 e. The Morgan fingerprint density at radius 2 is 1.85 bits per heavy atom. The van der Waals surface area contributed by atoms with E-state index in [1.165, 1.54) is 12.1 Å². The zero-order chi connectivity index (χ0) is 14.7. The van der Waals surface area contributed by atoms with Crippen molar-refractivity contribution < 1.29 is 13.6 Å². The molecule has 0 aliphatic heterocycles. The van der Waals surface area contributed by atoms with Crippen LogP contribution in [0.25, 0.3) is 0 Å². The molecule has 0 spiro atoms. The van der Waals surface area contributed by atoms with Crippen molar-refractivity contribution in [3.8, 4) is 0 Å². The summed E-state index contributed by atoms with van der Waals surface area (Å²) in [4.78, 5) is 20.1. The molecule has 1 aromatic carbocycles. The lowest BCUT2D eigenvalue weighted by Gasteiger charge is -2.07. The summed E-state index contributed by atoms with van der Waals surface area (Å²) in [6.07, 6.45) is 0. The summed E-state index contributed by atoms with van der Waals surface area (Å²) in [7, 11) is 0. The molecule has 2 rings (SSSR count). The van der Waals surface area contributed by atoms with E-state index in [1.807, 2.05) is 13.8 Å². The number of rotatable bonds is 3. The topological polar surface area (TPSA) is 54.9 Å². The average Bonchev–Trinajstić information content (AvgIpc) is 2.38. The molecule has 2 aromatic rings. The molecule has 0 aliphatic carbocycles. The molecule has 6 heteroatoms. The maximum atomic E-state index is 13.4. The number of halogens is 2. The normalized spacial score (nSPS) is 10.4. The highest BCUT2D eigenvalue weighted by Gasteiger charge is 2.15. The molecule has 0 radical (unpaired) electrons. The third kappa shape index (κ3) is 3.14. The van der Waals surface area contributed by atoms with Crippen molar-refractivity contribution in [3.05, 3.63) is 58.7 Å². The Kier molecular flexibility index (Phi) is 4.02. The Hall–Kier alpha value is -2.37. The monoisotopic (exact) mass is 277 g/mol. The Morgan fingerprint density at radius 3 is 2.50 bits per heavy atom. The fourth-order valence-electron chi connectivity index (χ4n) is 1.81. The molecule has 1 amide bonds. The van der Waals surface area contributed by atoms with Gasteiger partial charge in [-0.3, -0.25) is 4.79 Å². The number of hydrogen-bond donors (Lipinski definition) is 1. The van der Waals surface area contributed by atoms with Crippen molar-refractivity contribution in [1.82, 2.24) is 15.3 Å². The molecule has 104 valence electrons. The molecule has 0 aliphatic rings. The molecule has 0 fully saturated rings. The van der Waals surface area contributed by atoms with Gasteiger partial charge in [0.15, 0.2) is 11.6 Å². The number of amides is 1. The standard InChI is InChI=1S/C14H13F2N3O/c1-8-6-9(2)19-12(18-8)7-17-14(20)10-4-3-5-11(15)13(10)16/h3-6H,7H2,1-2H3,(H,17,20). The molecule has 0 atom stereocenters. The summed E-state index contributed by atoms with van der Waals surface area (Å²) in [6, 6.07) is 5.26. The third-order valence-corrected chi connectivity index (χ3v) is 2.63. The van der Waals surface area contributed by atoms with E-state index in [-0.39, 0.29) is 12.1 Å². The fourth-order valence-corrected chi connectivity index (χ4v) is 1.81. The zero-order valence-corrected chi connectivity index (χ0v) is 11.1. The molecule has 0 saturated heterocycles. The minimum Gasteiger partial charge on any atom is -0.345 e. The molecule has 0 unspecified atom stereocenters. The minimum absolute atomic E-state index is 0.0529. The highest BCUT2D eigenvalue weighted by Crippen LogP contribution is 2.11. The second kappa shape index (κ2) is 5.73. The zero-order valence-electron chi connectivity index (χ0n) is 11.1. The Morgan fingerprint density at radius 1 is 1.20 bits per heavy atom. The van der Waals surface area contributed by atoms with Gasteiger partial charge in [0.1, 0.15) is 5.82 Å². The van der Waals surface area contributed by atoms with Crippen molar-refractivity contribution >= 4 is 5.91 Å². The molecule has 1 aromatic heterocycles. The smallest absolute Gasteiger partial charge is 0.254 e. The third-order valence-electron chi connectivity index (χ3n) is 2.63. The molecule has 20 heavy (non-hydrogen) atoms. The summed E-state index contributed by atoms with van der Waals surface area (Å²) >= 11 is 0. The first-order chi connectivity index (χ1) is 9.47. The maximum Gasteiger partial charge on any atom is 0.254 e. The average molecular weight is 277 g/mol. The van der Waals surface area contributed by atoms with Gasteiger partial charge < -0.3 is 5.32 Å². The summed E-state index contributed by atoms with van der Waals surface area (Å²) in [5.41, 5.74) is 1.21. The maximum absolute atomic E-state index is 13.4. The second-order valence-corrected chi connectivity index (χ2v) is 4.35. The summed E-state index contributed by atoms with van der Waals surface area (Å²) in [5.74, 6) is -2.50. The van der Waals surface area contributed by atoms with E-state index in [4.69, 9.17) is 0 Å². The van der Waals surface area contributed by atoms with Gasteiger partial charge in [-0.2, -0.15) is 0 Å².